The third-order valence-corrected chi connectivity index (χ3v) is 6.26. The van der Waals surface area contributed by atoms with Crippen molar-refractivity contribution in [3.05, 3.63) is 40.7 Å². The molecular weight excluding hydrogens is 430 g/mol. The number of carbonyl (C=O) groups is 2. The van der Waals surface area contributed by atoms with E-state index in [1.165, 1.54) is 19.8 Å². The molecule has 1 unspecified atom stereocenters. The van der Waals surface area contributed by atoms with Gasteiger partial charge in [0.2, 0.25) is 17.8 Å². The van der Waals surface area contributed by atoms with Gasteiger partial charge in [0, 0.05) is 36.9 Å². The number of nitrogens with zero attached hydrogens (tertiary/aromatic N) is 4. The number of fused-ring (bicyclic) bond motifs is 2. The van der Waals surface area contributed by atoms with Gasteiger partial charge in [-0.15, -0.1) is 0 Å². The standard InChI is InChI=1S/C22H24ClN7O2/c1-12(31)24-8-9-25-22-27-19(18-15-10-13(23)6-7-17(15)26-21(18)32)16-11-30(29-20(16)28-22)14-4-2-3-5-14/h6-7,10-11,14,18H,2-5,8-9H2,1H3,(H,24,31)(H,26,32)(H,25,28,29). The maximum atomic E-state index is 13.0. The first-order chi connectivity index (χ1) is 15.5. The first kappa shape index (κ1) is 20.7. The fraction of sp³-hybridized carbons (Fsp3) is 0.409. The van der Waals surface area contributed by atoms with Gasteiger partial charge in [-0.3, -0.25) is 14.3 Å². The zero-order chi connectivity index (χ0) is 22.2. The molecule has 1 atom stereocenters. The van der Waals surface area contributed by atoms with Crippen molar-refractivity contribution in [3.8, 4) is 0 Å². The van der Waals surface area contributed by atoms with E-state index in [9.17, 15) is 9.59 Å². The summed E-state index contributed by atoms with van der Waals surface area (Å²) in [5.74, 6) is -0.487. The highest BCUT2D eigenvalue weighted by molar-refractivity contribution is 6.31. The summed E-state index contributed by atoms with van der Waals surface area (Å²) in [5.41, 5.74) is 2.67. The van der Waals surface area contributed by atoms with E-state index in [0.717, 1.165) is 29.5 Å². The summed E-state index contributed by atoms with van der Waals surface area (Å²) in [4.78, 5) is 33.4. The summed E-state index contributed by atoms with van der Waals surface area (Å²) in [6, 6.07) is 5.71. The van der Waals surface area contributed by atoms with Crippen molar-refractivity contribution in [3.63, 3.8) is 0 Å². The second-order valence-corrected chi connectivity index (χ2v) is 8.72. The zero-order valence-electron chi connectivity index (χ0n) is 17.7. The Bertz CT molecular complexity index is 1200. The van der Waals surface area contributed by atoms with Crippen LogP contribution < -0.4 is 16.0 Å². The number of hydrogen-bond acceptors (Lipinski definition) is 6. The first-order valence-corrected chi connectivity index (χ1v) is 11.2. The van der Waals surface area contributed by atoms with E-state index in [1.54, 1.807) is 12.1 Å². The molecule has 1 aliphatic carbocycles. The molecule has 2 aliphatic rings. The molecular formula is C22H24ClN7O2. The van der Waals surface area contributed by atoms with Crippen LogP contribution in [0.4, 0.5) is 11.6 Å². The van der Waals surface area contributed by atoms with Crippen LogP contribution in [-0.2, 0) is 9.59 Å². The minimum absolute atomic E-state index is 0.102. The zero-order valence-corrected chi connectivity index (χ0v) is 18.4. The van der Waals surface area contributed by atoms with Crippen LogP contribution >= 0.6 is 11.6 Å². The Hall–Kier alpha value is -3.20. The van der Waals surface area contributed by atoms with E-state index in [-0.39, 0.29) is 11.8 Å². The summed E-state index contributed by atoms with van der Waals surface area (Å²) in [6.45, 7) is 2.36. The van der Waals surface area contributed by atoms with E-state index in [0.29, 0.717) is 41.4 Å². The van der Waals surface area contributed by atoms with Gasteiger partial charge in [-0.1, -0.05) is 24.4 Å². The van der Waals surface area contributed by atoms with Gasteiger partial charge in [-0.05, 0) is 36.6 Å². The number of aromatic nitrogens is 4. The fourth-order valence-electron chi connectivity index (χ4n) is 4.52. The van der Waals surface area contributed by atoms with Crippen LogP contribution in [0.25, 0.3) is 11.0 Å². The predicted molar refractivity (Wildman–Crippen MR) is 122 cm³/mol. The molecule has 0 bridgehead atoms. The molecule has 10 heteroatoms. The van der Waals surface area contributed by atoms with Gasteiger partial charge in [0.25, 0.3) is 0 Å². The number of nitrogens with one attached hydrogen (secondary N) is 3. The molecule has 1 aromatic carbocycles. The lowest BCUT2D eigenvalue weighted by molar-refractivity contribution is -0.119. The van der Waals surface area contributed by atoms with E-state index in [4.69, 9.17) is 21.7 Å². The Morgan fingerprint density at radius 3 is 2.84 bits per heavy atom. The summed E-state index contributed by atoms with van der Waals surface area (Å²) in [7, 11) is 0. The molecule has 1 aliphatic heterocycles. The van der Waals surface area contributed by atoms with Crippen LogP contribution in [0, 0.1) is 0 Å². The van der Waals surface area contributed by atoms with Crippen LogP contribution in [0.1, 0.15) is 55.8 Å². The quantitative estimate of drug-likeness (QED) is 0.494. The Morgan fingerprint density at radius 2 is 2.06 bits per heavy atom. The monoisotopic (exact) mass is 453 g/mol. The molecule has 32 heavy (non-hydrogen) atoms. The lowest BCUT2D eigenvalue weighted by Gasteiger charge is -2.12. The van der Waals surface area contributed by atoms with Gasteiger partial charge in [0.1, 0.15) is 5.92 Å². The van der Waals surface area contributed by atoms with Crippen LogP contribution in [0.2, 0.25) is 5.02 Å². The van der Waals surface area contributed by atoms with Gasteiger partial charge < -0.3 is 16.0 Å². The second-order valence-electron chi connectivity index (χ2n) is 8.28. The lowest BCUT2D eigenvalue weighted by Crippen LogP contribution is -2.27. The van der Waals surface area contributed by atoms with Crippen molar-refractivity contribution in [1.29, 1.82) is 0 Å². The third kappa shape index (κ3) is 3.88. The van der Waals surface area contributed by atoms with Crippen molar-refractivity contribution >= 4 is 46.1 Å². The third-order valence-electron chi connectivity index (χ3n) is 6.03. The first-order valence-electron chi connectivity index (χ1n) is 10.8. The number of rotatable bonds is 6. The highest BCUT2D eigenvalue weighted by atomic mass is 35.5. The predicted octanol–water partition coefficient (Wildman–Crippen LogP) is 3.23. The average molecular weight is 454 g/mol. The maximum absolute atomic E-state index is 13.0. The van der Waals surface area contributed by atoms with E-state index >= 15 is 0 Å². The molecule has 1 fully saturated rings. The fourth-order valence-corrected chi connectivity index (χ4v) is 4.70. The van der Waals surface area contributed by atoms with Crippen LogP contribution in [0.3, 0.4) is 0 Å². The van der Waals surface area contributed by atoms with Gasteiger partial charge in [-0.25, -0.2) is 4.98 Å². The molecule has 2 amide bonds. The summed E-state index contributed by atoms with van der Waals surface area (Å²) < 4.78 is 1.97. The van der Waals surface area contributed by atoms with Gasteiger partial charge in [0.05, 0.1) is 17.1 Å². The van der Waals surface area contributed by atoms with E-state index in [1.807, 2.05) is 16.9 Å². The lowest BCUT2D eigenvalue weighted by atomic mass is 9.95. The molecule has 2 aromatic heterocycles. The van der Waals surface area contributed by atoms with Crippen molar-refractivity contribution in [1.82, 2.24) is 25.1 Å². The van der Waals surface area contributed by atoms with Crippen molar-refractivity contribution < 1.29 is 9.59 Å². The smallest absolute Gasteiger partial charge is 0.238 e. The summed E-state index contributed by atoms with van der Waals surface area (Å²) in [5, 5.41) is 14.9. The molecule has 0 saturated heterocycles. The molecule has 9 nitrogen and oxygen atoms in total. The highest BCUT2D eigenvalue weighted by Gasteiger charge is 2.36. The second kappa shape index (κ2) is 8.38. The van der Waals surface area contributed by atoms with Gasteiger partial charge in [0.15, 0.2) is 5.65 Å². The van der Waals surface area contributed by atoms with Crippen LogP contribution in [-0.4, -0.2) is 44.7 Å². The largest absolute Gasteiger partial charge is 0.355 e. The maximum Gasteiger partial charge on any atom is 0.238 e. The SMILES string of the molecule is CC(=O)NCCNc1nc(C2C(=O)Nc3ccc(Cl)cc32)c2cn(C3CCCC3)nc2n1. The topological polar surface area (TPSA) is 114 Å². The Balaban J connectivity index is 1.57. The number of carbonyl (C=O) groups excluding carboxylic acids is 2. The number of amides is 2. The Morgan fingerprint density at radius 1 is 1.25 bits per heavy atom. The van der Waals surface area contributed by atoms with Crippen LogP contribution in [0.5, 0.6) is 0 Å². The minimum atomic E-state index is -0.605. The average Bonchev–Trinajstić information content (AvgIpc) is 3.48. The van der Waals surface area contributed by atoms with Gasteiger partial charge in [-0.2, -0.15) is 10.1 Å². The van der Waals surface area contributed by atoms with Gasteiger partial charge >= 0.3 is 0 Å². The summed E-state index contributed by atoms with van der Waals surface area (Å²) in [6.07, 6.45) is 6.51. The minimum Gasteiger partial charge on any atom is -0.355 e. The highest BCUT2D eigenvalue weighted by Crippen LogP contribution is 2.40. The van der Waals surface area contributed by atoms with Crippen molar-refractivity contribution in [2.75, 3.05) is 23.7 Å². The van der Waals surface area contributed by atoms with Crippen molar-refractivity contribution in [2.45, 2.75) is 44.6 Å². The number of benzene rings is 1. The molecule has 1 saturated carbocycles. The van der Waals surface area contributed by atoms with E-state index in [2.05, 4.69) is 20.9 Å². The number of hydrogen-bond donors (Lipinski definition) is 3. The molecule has 3 N–H and O–H groups in total. The Labute approximate surface area is 189 Å². The number of halogens is 1. The molecule has 3 heterocycles. The molecule has 0 radical (unpaired) electrons. The molecule has 0 spiro atoms. The van der Waals surface area contributed by atoms with Crippen molar-refractivity contribution in [2.24, 2.45) is 0 Å². The normalized spacial score (nSPS) is 18.1. The molecule has 5 rings (SSSR count). The van der Waals surface area contributed by atoms with E-state index < -0.39 is 5.92 Å². The Kier molecular flexibility index (Phi) is 5.42. The number of anilines is 2. The molecule has 3 aromatic rings. The molecule has 166 valence electrons. The van der Waals surface area contributed by atoms with Crippen LogP contribution in [0.15, 0.2) is 24.4 Å². The summed E-state index contributed by atoms with van der Waals surface area (Å²) >= 11 is 6.24.